The van der Waals surface area contributed by atoms with Crippen molar-refractivity contribution in [3.05, 3.63) is 20.2 Å². The molecule has 0 aliphatic heterocycles. The van der Waals surface area contributed by atoms with Gasteiger partial charge in [-0.15, -0.1) is 0 Å². The minimum absolute atomic E-state index is 0.156. The van der Waals surface area contributed by atoms with E-state index in [4.69, 9.17) is 5.11 Å². The third-order valence-electron chi connectivity index (χ3n) is 2.27. The summed E-state index contributed by atoms with van der Waals surface area (Å²) >= 11 is 0.809. The van der Waals surface area contributed by atoms with Gasteiger partial charge in [0.25, 0.3) is 0 Å². The predicted octanol–water partition coefficient (Wildman–Crippen LogP) is 1.96. The molecule has 0 aromatic carbocycles. The zero-order valence-electron chi connectivity index (χ0n) is 9.11. The van der Waals surface area contributed by atoms with Crippen molar-refractivity contribution in [2.75, 3.05) is 0 Å². The van der Waals surface area contributed by atoms with Crippen molar-refractivity contribution in [3.63, 3.8) is 0 Å². The first-order chi connectivity index (χ1) is 6.93. The monoisotopic (exact) mass is 229 g/mol. The van der Waals surface area contributed by atoms with E-state index in [9.17, 15) is 9.59 Å². The number of hydrogen-bond donors (Lipinski definition) is 1. The van der Waals surface area contributed by atoms with Gasteiger partial charge in [-0.1, -0.05) is 25.2 Å². The van der Waals surface area contributed by atoms with Gasteiger partial charge in [-0.3, -0.25) is 4.79 Å². The lowest BCUT2D eigenvalue weighted by Crippen LogP contribution is -2.16. The summed E-state index contributed by atoms with van der Waals surface area (Å²) in [5.41, 5.74) is 0.568. The van der Waals surface area contributed by atoms with Gasteiger partial charge in [0.15, 0.2) is 0 Å². The number of carboxylic acid groups (broad SMARTS) is 1. The average Bonchev–Trinajstić information content (AvgIpc) is 2.39. The summed E-state index contributed by atoms with van der Waals surface area (Å²) in [4.78, 5) is 22.3. The van der Waals surface area contributed by atoms with Crippen molar-refractivity contribution in [1.82, 2.24) is 4.57 Å². The van der Waals surface area contributed by atoms with Crippen LogP contribution in [-0.2, 0) is 6.54 Å². The molecule has 0 unspecified atom stereocenters. The Bertz CT molecular complexity index is 417. The first-order valence-corrected chi connectivity index (χ1v) is 5.68. The van der Waals surface area contributed by atoms with E-state index in [0.29, 0.717) is 18.2 Å². The maximum atomic E-state index is 11.5. The molecule has 0 saturated heterocycles. The molecule has 84 valence electrons. The Labute approximate surface area is 92.2 Å². The molecule has 0 fully saturated rings. The van der Waals surface area contributed by atoms with Crippen LogP contribution in [0.5, 0.6) is 0 Å². The van der Waals surface area contributed by atoms with E-state index < -0.39 is 5.97 Å². The number of rotatable bonds is 4. The van der Waals surface area contributed by atoms with Crippen LogP contribution < -0.4 is 4.87 Å². The normalized spacial score (nSPS) is 10.9. The Balaban J connectivity index is 2.98. The molecule has 0 atom stereocenters. The standard InChI is InChI=1S/C10H15NO3S/c1-6(2)4-5-11-7(3)8(9(12)13)15-10(11)14/h6H,4-5H2,1-3H3,(H,12,13). The van der Waals surface area contributed by atoms with Gasteiger partial charge in [0.2, 0.25) is 0 Å². The Kier molecular flexibility index (Phi) is 3.68. The largest absolute Gasteiger partial charge is 0.477 e. The number of carbonyl (C=O) groups is 1. The second kappa shape index (κ2) is 4.61. The van der Waals surface area contributed by atoms with Crippen LogP contribution in [0.25, 0.3) is 0 Å². The maximum Gasteiger partial charge on any atom is 0.347 e. The van der Waals surface area contributed by atoms with Crippen LogP contribution in [-0.4, -0.2) is 15.6 Å². The van der Waals surface area contributed by atoms with Crippen molar-refractivity contribution in [2.24, 2.45) is 5.92 Å². The van der Waals surface area contributed by atoms with Crippen LogP contribution in [0.15, 0.2) is 4.79 Å². The van der Waals surface area contributed by atoms with Gasteiger partial charge in [-0.25, -0.2) is 4.79 Å². The SMILES string of the molecule is Cc1c(C(=O)O)sc(=O)n1CCC(C)C. The van der Waals surface area contributed by atoms with Gasteiger partial charge < -0.3 is 9.67 Å². The third-order valence-corrected chi connectivity index (χ3v) is 3.34. The van der Waals surface area contributed by atoms with Gasteiger partial charge in [-0.2, -0.15) is 0 Å². The molecule has 4 nitrogen and oxygen atoms in total. The molecule has 0 bridgehead atoms. The van der Waals surface area contributed by atoms with Crippen LogP contribution in [0.3, 0.4) is 0 Å². The zero-order chi connectivity index (χ0) is 11.6. The van der Waals surface area contributed by atoms with Gasteiger partial charge in [0.05, 0.1) is 0 Å². The molecular formula is C10H15NO3S. The highest BCUT2D eigenvalue weighted by Crippen LogP contribution is 2.13. The summed E-state index contributed by atoms with van der Waals surface area (Å²) in [7, 11) is 0. The topological polar surface area (TPSA) is 59.3 Å². The summed E-state index contributed by atoms with van der Waals surface area (Å²) in [6.45, 7) is 6.43. The summed E-state index contributed by atoms with van der Waals surface area (Å²) in [6.07, 6.45) is 0.885. The summed E-state index contributed by atoms with van der Waals surface area (Å²) < 4.78 is 1.55. The molecule has 0 saturated carbocycles. The molecule has 0 aliphatic rings. The van der Waals surface area contributed by atoms with E-state index in [1.165, 1.54) is 0 Å². The van der Waals surface area contributed by atoms with Crippen LogP contribution in [0.4, 0.5) is 0 Å². The van der Waals surface area contributed by atoms with Crippen LogP contribution in [0.2, 0.25) is 0 Å². The number of aromatic carboxylic acids is 1. The van der Waals surface area contributed by atoms with Crippen LogP contribution >= 0.6 is 11.3 Å². The Morgan fingerprint density at radius 2 is 2.13 bits per heavy atom. The molecule has 1 N–H and O–H groups in total. The first-order valence-electron chi connectivity index (χ1n) is 4.87. The summed E-state index contributed by atoms with van der Waals surface area (Å²) in [5, 5.41) is 8.84. The summed E-state index contributed by atoms with van der Waals surface area (Å²) in [5.74, 6) is -0.512. The minimum atomic E-state index is -1.02. The highest BCUT2D eigenvalue weighted by Gasteiger charge is 2.16. The van der Waals surface area contributed by atoms with E-state index >= 15 is 0 Å². The molecule has 1 aromatic rings. The van der Waals surface area contributed by atoms with Crippen LogP contribution in [0.1, 0.15) is 35.6 Å². The number of nitrogens with zero attached hydrogens (tertiary/aromatic N) is 1. The first kappa shape index (κ1) is 12.0. The van der Waals surface area contributed by atoms with Crippen molar-refractivity contribution in [2.45, 2.75) is 33.7 Å². The third kappa shape index (κ3) is 2.68. The fourth-order valence-corrected chi connectivity index (χ4v) is 2.18. The van der Waals surface area contributed by atoms with E-state index in [-0.39, 0.29) is 9.75 Å². The second-order valence-electron chi connectivity index (χ2n) is 3.92. The molecule has 1 rings (SSSR count). The lowest BCUT2D eigenvalue weighted by Gasteiger charge is -2.06. The molecule has 1 aromatic heterocycles. The molecule has 0 amide bonds. The van der Waals surface area contributed by atoms with E-state index in [1.807, 2.05) is 0 Å². The average molecular weight is 229 g/mol. The van der Waals surface area contributed by atoms with Crippen molar-refractivity contribution in [1.29, 1.82) is 0 Å². The fraction of sp³-hybridized carbons (Fsp3) is 0.600. The van der Waals surface area contributed by atoms with Crippen molar-refractivity contribution in [3.8, 4) is 0 Å². The molecule has 5 heteroatoms. The molecule has 1 heterocycles. The van der Waals surface area contributed by atoms with Gasteiger partial charge in [0, 0.05) is 12.2 Å². The van der Waals surface area contributed by atoms with Crippen molar-refractivity contribution >= 4 is 17.3 Å². The lowest BCUT2D eigenvalue weighted by atomic mass is 10.1. The van der Waals surface area contributed by atoms with E-state index in [1.54, 1.807) is 11.5 Å². The predicted molar refractivity (Wildman–Crippen MR) is 59.7 cm³/mol. The highest BCUT2D eigenvalue weighted by molar-refractivity contribution is 7.11. The molecule has 0 radical (unpaired) electrons. The second-order valence-corrected chi connectivity index (χ2v) is 4.88. The number of hydrogen-bond acceptors (Lipinski definition) is 3. The fourth-order valence-electron chi connectivity index (χ4n) is 1.32. The lowest BCUT2D eigenvalue weighted by molar-refractivity contribution is 0.0700. The quantitative estimate of drug-likeness (QED) is 0.858. The number of thiazole rings is 1. The van der Waals surface area contributed by atoms with Crippen LogP contribution in [0, 0.1) is 12.8 Å². The maximum absolute atomic E-state index is 11.5. The molecular weight excluding hydrogens is 214 g/mol. The smallest absolute Gasteiger partial charge is 0.347 e. The van der Waals surface area contributed by atoms with Gasteiger partial charge in [-0.05, 0) is 19.3 Å². The number of carboxylic acids is 1. The molecule has 0 spiro atoms. The Morgan fingerprint density at radius 3 is 2.53 bits per heavy atom. The minimum Gasteiger partial charge on any atom is -0.477 e. The number of aromatic nitrogens is 1. The van der Waals surface area contributed by atoms with E-state index in [0.717, 1.165) is 17.8 Å². The van der Waals surface area contributed by atoms with Crippen molar-refractivity contribution < 1.29 is 9.90 Å². The molecule has 15 heavy (non-hydrogen) atoms. The highest BCUT2D eigenvalue weighted by atomic mass is 32.1. The zero-order valence-corrected chi connectivity index (χ0v) is 9.93. The Hall–Kier alpha value is -1.10. The molecule has 0 aliphatic carbocycles. The summed E-state index contributed by atoms with van der Waals surface area (Å²) in [6, 6.07) is 0. The van der Waals surface area contributed by atoms with E-state index in [2.05, 4.69) is 13.8 Å². The van der Waals surface area contributed by atoms with Gasteiger partial charge in [0.1, 0.15) is 4.88 Å². The Morgan fingerprint density at radius 1 is 1.53 bits per heavy atom. The van der Waals surface area contributed by atoms with Gasteiger partial charge >= 0.3 is 10.8 Å².